The van der Waals surface area contributed by atoms with Crippen LogP contribution in [0.3, 0.4) is 0 Å². The van der Waals surface area contributed by atoms with Gasteiger partial charge in [-0.25, -0.2) is 4.98 Å². The summed E-state index contributed by atoms with van der Waals surface area (Å²) >= 11 is 3.01. The van der Waals surface area contributed by atoms with E-state index < -0.39 is 0 Å². The van der Waals surface area contributed by atoms with E-state index in [4.69, 9.17) is 0 Å². The van der Waals surface area contributed by atoms with Gasteiger partial charge in [0, 0.05) is 39.7 Å². The number of hydrogen-bond donors (Lipinski definition) is 2. The highest BCUT2D eigenvalue weighted by molar-refractivity contribution is 7.98. The third kappa shape index (κ3) is 6.26. The second kappa shape index (κ2) is 10.7. The maximum absolute atomic E-state index is 12.4. The Bertz CT molecular complexity index is 1180. The molecule has 0 aliphatic carbocycles. The van der Waals surface area contributed by atoms with Gasteiger partial charge in [0.05, 0.1) is 12.1 Å². The molecule has 2 N–H and O–H groups in total. The van der Waals surface area contributed by atoms with Crippen molar-refractivity contribution in [1.29, 1.82) is 0 Å². The third-order valence-corrected chi connectivity index (χ3v) is 6.31. The number of pyridine rings is 1. The number of amides is 2. The molecule has 0 fully saturated rings. The Morgan fingerprint density at radius 1 is 0.938 bits per heavy atom. The number of rotatable bonds is 8. The Kier molecular flexibility index (Phi) is 7.27. The monoisotopic (exact) mass is 460 g/mol. The summed E-state index contributed by atoms with van der Waals surface area (Å²) in [5, 5.41) is 7.89. The van der Waals surface area contributed by atoms with E-state index in [0.29, 0.717) is 16.4 Å². The molecule has 0 bridgehead atoms. The number of aromatic nitrogens is 2. The van der Waals surface area contributed by atoms with Crippen LogP contribution >= 0.6 is 23.1 Å². The van der Waals surface area contributed by atoms with Gasteiger partial charge < -0.3 is 5.32 Å². The molecular formula is C24H20N4O2S2. The normalized spacial score (nSPS) is 10.5. The molecule has 2 aromatic carbocycles. The number of carbonyl (C=O) groups excluding carboxylic acids is 2. The van der Waals surface area contributed by atoms with Gasteiger partial charge in [-0.1, -0.05) is 24.3 Å². The predicted octanol–water partition coefficient (Wildman–Crippen LogP) is 5.26. The summed E-state index contributed by atoms with van der Waals surface area (Å²) in [4.78, 5) is 34.2. The maximum atomic E-state index is 12.4. The smallest absolute Gasteiger partial charge is 0.257 e. The second-order valence-corrected chi connectivity index (χ2v) is 8.77. The van der Waals surface area contributed by atoms with Gasteiger partial charge >= 0.3 is 0 Å². The highest BCUT2D eigenvalue weighted by Gasteiger charge is 2.11. The molecule has 0 unspecified atom stereocenters. The number of nitrogens with one attached hydrogen (secondary N) is 2. The van der Waals surface area contributed by atoms with E-state index in [2.05, 4.69) is 20.6 Å². The zero-order valence-corrected chi connectivity index (χ0v) is 18.7. The van der Waals surface area contributed by atoms with Gasteiger partial charge in [0.25, 0.3) is 5.91 Å². The summed E-state index contributed by atoms with van der Waals surface area (Å²) in [5.74, 6) is 0.455. The Labute approximate surface area is 194 Å². The van der Waals surface area contributed by atoms with E-state index >= 15 is 0 Å². The van der Waals surface area contributed by atoms with Crippen molar-refractivity contribution in [3.8, 4) is 0 Å². The minimum atomic E-state index is -0.225. The van der Waals surface area contributed by atoms with Crippen molar-refractivity contribution in [3.05, 3.63) is 101 Å². The van der Waals surface area contributed by atoms with Gasteiger partial charge in [-0.3, -0.25) is 19.9 Å². The van der Waals surface area contributed by atoms with Gasteiger partial charge in [0.1, 0.15) is 0 Å². The Morgan fingerprint density at radius 2 is 1.75 bits per heavy atom. The zero-order valence-electron chi connectivity index (χ0n) is 17.0. The van der Waals surface area contributed by atoms with E-state index in [9.17, 15) is 9.59 Å². The highest BCUT2D eigenvalue weighted by atomic mass is 32.2. The first kappa shape index (κ1) is 21.7. The molecule has 4 rings (SSSR count). The van der Waals surface area contributed by atoms with Gasteiger partial charge in [0.2, 0.25) is 5.91 Å². The summed E-state index contributed by atoms with van der Waals surface area (Å²) in [6.45, 7) is 0. The molecule has 2 heterocycles. The molecule has 2 amide bonds. The summed E-state index contributed by atoms with van der Waals surface area (Å²) in [7, 11) is 0. The van der Waals surface area contributed by atoms with Crippen molar-refractivity contribution >= 4 is 45.7 Å². The molecule has 6 nitrogen and oxygen atoms in total. The first-order valence-electron chi connectivity index (χ1n) is 9.88. The lowest BCUT2D eigenvalue weighted by Gasteiger charge is -2.06. The van der Waals surface area contributed by atoms with Crippen LogP contribution < -0.4 is 10.6 Å². The molecule has 4 aromatic rings. The largest absolute Gasteiger partial charge is 0.326 e. The average molecular weight is 461 g/mol. The van der Waals surface area contributed by atoms with Crippen LogP contribution in [0.15, 0.2) is 89.4 Å². The fourth-order valence-electron chi connectivity index (χ4n) is 2.86. The number of thioether (sulfide) groups is 1. The molecular weight excluding hydrogens is 440 g/mol. The number of benzene rings is 2. The number of anilines is 2. The van der Waals surface area contributed by atoms with Crippen molar-refractivity contribution in [2.24, 2.45) is 0 Å². The molecule has 0 radical (unpaired) electrons. The van der Waals surface area contributed by atoms with Crippen LogP contribution in [0.4, 0.5) is 10.8 Å². The Morgan fingerprint density at radius 3 is 2.50 bits per heavy atom. The lowest BCUT2D eigenvalue weighted by Crippen LogP contribution is -2.15. The Balaban J connectivity index is 1.26. The topological polar surface area (TPSA) is 84.0 Å². The quantitative estimate of drug-likeness (QED) is 0.350. The van der Waals surface area contributed by atoms with Crippen LogP contribution in [0.1, 0.15) is 21.6 Å². The van der Waals surface area contributed by atoms with E-state index in [1.54, 1.807) is 47.6 Å². The summed E-state index contributed by atoms with van der Waals surface area (Å²) in [6, 6.07) is 20.6. The van der Waals surface area contributed by atoms with Gasteiger partial charge in [-0.05, 0) is 48.0 Å². The minimum absolute atomic E-state index is 0.134. The van der Waals surface area contributed by atoms with Crippen LogP contribution in [0.5, 0.6) is 0 Å². The van der Waals surface area contributed by atoms with E-state index in [0.717, 1.165) is 21.9 Å². The van der Waals surface area contributed by atoms with Crippen molar-refractivity contribution in [1.82, 2.24) is 9.97 Å². The fourth-order valence-corrected chi connectivity index (χ4v) is 4.40. The SMILES string of the molecule is O=C(Cc1csc(NC(=O)c2ccccc2)n1)Nc1ccc(SCc2cccnc2)cc1. The lowest BCUT2D eigenvalue weighted by atomic mass is 10.2. The number of nitrogens with zero attached hydrogens (tertiary/aromatic N) is 2. The lowest BCUT2D eigenvalue weighted by molar-refractivity contribution is -0.115. The van der Waals surface area contributed by atoms with E-state index in [1.165, 1.54) is 11.3 Å². The Hall–Kier alpha value is -3.49. The van der Waals surface area contributed by atoms with E-state index in [1.807, 2.05) is 48.7 Å². The van der Waals surface area contributed by atoms with Crippen LogP contribution in [0.2, 0.25) is 0 Å². The first-order valence-corrected chi connectivity index (χ1v) is 11.7. The molecule has 0 aliphatic rings. The molecule has 0 saturated heterocycles. The molecule has 8 heteroatoms. The molecule has 0 spiro atoms. The molecule has 2 aromatic heterocycles. The number of thiazole rings is 1. The van der Waals surface area contributed by atoms with Crippen molar-refractivity contribution in [2.45, 2.75) is 17.1 Å². The second-order valence-electron chi connectivity index (χ2n) is 6.86. The van der Waals surface area contributed by atoms with Gasteiger partial charge in [0.15, 0.2) is 5.13 Å². The molecule has 0 atom stereocenters. The van der Waals surface area contributed by atoms with Crippen LogP contribution in [-0.2, 0) is 17.0 Å². The first-order chi connectivity index (χ1) is 15.7. The third-order valence-electron chi connectivity index (χ3n) is 4.42. The molecule has 0 saturated carbocycles. The maximum Gasteiger partial charge on any atom is 0.257 e. The fraction of sp³-hybridized carbons (Fsp3) is 0.0833. The molecule has 32 heavy (non-hydrogen) atoms. The standard InChI is InChI=1S/C24H20N4O2S2/c29-22(13-20-16-32-24(27-20)28-23(30)18-6-2-1-3-7-18)26-19-8-10-21(11-9-19)31-15-17-5-4-12-25-14-17/h1-12,14,16H,13,15H2,(H,26,29)(H,27,28,30). The van der Waals surface area contributed by atoms with Crippen LogP contribution in [0, 0.1) is 0 Å². The highest BCUT2D eigenvalue weighted by Crippen LogP contribution is 2.24. The van der Waals surface area contributed by atoms with Crippen molar-refractivity contribution < 1.29 is 9.59 Å². The minimum Gasteiger partial charge on any atom is -0.326 e. The zero-order chi connectivity index (χ0) is 22.2. The van der Waals surface area contributed by atoms with Crippen molar-refractivity contribution in [2.75, 3.05) is 10.6 Å². The predicted molar refractivity (Wildman–Crippen MR) is 129 cm³/mol. The molecule has 160 valence electrons. The summed E-state index contributed by atoms with van der Waals surface area (Å²) < 4.78 is 0. The summed E-state index contributed by atoms with van der Waals surface area (Å²) in [5.41, 5.74) is 3.06. The molecule has 0 aliphatic heterocycles. The number of carbonyl (C=O) groups is 2. The van der Waals surface area contributed by atoms with Crippen LogP contribution in [-0.4, -0.2) is 21.8 Å². The van der Waals surface area contributed by atoms with Gasteiger partial charge in [-0.2, -0.15) is 0 Å². The van der Waals surface area contributed by atoms with Gasteiger partial charge in [-0.15, -0.1) is 23.1 Å². The van der Waals surface area contributed by atoms with Crippen molar-refractivity contribution in [3.63, 3.8) is 0 Å². The average Bonchev–Trinajstić information content (AvgIpc) is 3.26. The van der Waals surface area contributed by atoms with E-state index in [-0.39, 0.29) is 18.2 Å². The summed E-state index contributed by atoms with van der Waals surface area (Å²) in [6.07, 6.45) is 3.76. The van der Waals surface area contributed by atoms with Crippen LogP contribution in [0.25, 0.3) is 0 Å². The number of hydrogen-bond acceptors (Lipinski definition) is 6.